The van der Waals surface area contributed by atoms with Gasteiger partial charge in [0.25, 0.3) is 0 Å². The van der Waals surface area contributed by atoms with Gasteiger partial charge in [-0.3, -0.25) is 5.32 Å². The number of para-hydroxylation sites is 1. The number of amides is 1. The molecule has 13 heteroatoms. The predicted octanol–water partition coefficient (Wildman–Crippen LogP) is 11.4. The highest BCUT2D eigenvalue weighted by Gasteiger charge is 2.81. The van der Waals surface area contributed by atoms with E-state index in [-0.39, 0.29) is 27.0 Å². The highest BCUT2D eigenvalue weighted by molar-refractivity contribution is 7.26. The van der Waals surface area contributed by atoms with Crippen molar-refractivity contribution >= 4 is 87.2 Å². The molecule has 0 aliphatic heterocycles. The summed E-state index contributed by atoms with van der Waals surface area (Å²) >= 11 is 3.06. The van der Waals surface area contributed by atoms with Gasteiger partial charge in [0.1, 0.15) is 0 Å². The minimum Gasteiger partial charge on any atom is -0.439 e. The second kappa shape index (κ2) is 11.3. The number of benzene rings is 3. The summed E-state index contributed by atoms with van der Waals surface area (Å²) < 4.78 is 103. The largest absolute Gasteiger partial charge is 0.439 e. The van der Waals surface area contributed by atoms with Gasteiger partial charge in [0.15, 0.2) is 6.10 Å². The Morgan fingerprint density at radius 3 is 2.04 bits per heavy atom. The van der Waals surface area contributed by atoms with Gasteiger partial charge < -0.3 is 9.84 Å². The number of aliphatic hydroxyl groups is 1. The van der Waals surface area contributed by atoms with Crippen LogP contribution in [0.1, 0.15) is 37.4 Å². The molecular weight excluding hydrogens is 693 g/mol. The van der Waals surface area contributed by atoms with Crippen molar-refractivity contribution in [3.05, 3.63) is 98.1 Å². The quantitative estimate of drug-likeness (QED) is 0.169. The number of hydrogen-bond acceptors (Lipinski definition) is 6. The SMILES string of the molecule is Cc1sc(C)c(C2=C(c3sc4ccc5sc6ccccc6c5c4c3C(CO)OC(=O)Nc3ccccc3)C(F)(F)C(F)(F)C2(F)F)c1C. The topological polar surface area (TPSA) is 58.6 Å². The number of anilines is 1. The molecule has 1 amide bonds. The summed E-state index contributed by atoms with van der Waals surface area (Å²) in [6, 6.07) is 18.7. The summed E-state index contributed by atoms with van der Waals surface area (Å²) in [4.78, 5) is 13.2. The van der Waals surface area contributed by atoms with E-state index in [4.69, 9.17) is 4.74 Å². The molecule has 3 aromatic heterocycles. The molecule has 1 atom stereocenters. The molecule has 3 aromatic carbocycles. The third kappa shape index (κ3) is 4.62. The fourth-order valence-electron chi connectivity index (χ4n) is 6.43. The first-order valence-electron chi connectivity index (χ1n) is 14.7. The lowest BCUT2D eigenvalue weighted by Gasteiger charge is -2.26. The zero-order chi connectivity index (χ0) is 34.3. The summed E-state index contributed by atoms with van der Waals surface area (Å²) in [7, 11) is 0. The Kier molecular flexibility index (Phi) is 7.70. The van der Waals surface area contributed by atoms with Crippen molar-refractivity contribution in [2.75, 3.05) is 11.9 Å². The molecule has 0 fully saturated rings. The van der Waals surface area contributed by atoms with Crippen molar-refractivity contribution in [1.82, 2.24) is 0 Å². The van der Waals surface area contributed by atoms with Crippen molar-refractivity contribution in [2.45, 2.75) is 44.6 Å². The molecular formula is C35H25F6NO3S3. The van der Waals surface area contributed by atoms with Crippen molar-refractivity contribution < 1.29 is 41.0 Å². The Hall–Kier alpha value is -3.91. The number of rotatable bonds is 6. The van der Waals surface area contributed by atoms with E-state index in [1.165, 1.54) is 25.2 Å². The molecule has 1 unspecified atom stereocenters. The summed E-state index contributed by atoms with van der Waals surface area (Å²) in [5.41, 5.74) is -3.13. The Balaban J connectivity index is 1.59. The number of ether oxygens (including phenoxy) is 1. The maximum absolute atomic E-state index is 16.2. The molecule has 7 rings (SSSR count). The Morgan fingerprint density at radius 1 is 0.771 bits per heavy atom. The lowest BCUT2D eigenvalue weighted by molar-refractivity contribution is -0.254. The number of fused-ring (bicyclic) bond motifs is 5. The molecule has 1 aliphatic rings. The van der Waals surface area contributed by atoms with Gasteiger partial charge in [-0.05, 0) is 56.7 Å². The third-order valence-electron chi connectivity index (χ3n) is 8.69. The summed E-state index contributed by atoms with van der Waals surface area (Å²) in [5.74, 6) is -16.4. The third-order valence-corrected chi connectivity index (χ3v) is 12.1. The Bertz CT molecular complexity index is 2290. The summed E-state index contributed by atoms with van der Waals surface area (Å²) in [5, 5.41) is 14.7. The van der Waals surface area contributed by atoms with Crippen molar-refractivity contribution in [2.24, 2.45) is 0 Å². The number of allylic oxidation sites excluding steroid dienone is 2. The van der Waals surface area contributed by atoms with Crippen LogP contribution in [0.25, 0.3) is 41.4 Å². The van der Waals surface area contributed by atoms with Crippen LogP contribution in [-0.2, 0) is 4.74 Å². The number of alkyl halides is 6. The summed E-state index contributed by atoms with van der Waals surface area (Å²) in [6.07, 6.45) is -2.78. The van der Waals surface area contributed by atoms with Gasteiger partial charge in [0, 0.05) is 67.3 Å². The van der Waals surface area contributed by atoms with E-state index in [2.05, 4.69) is 5.32 Å². The molecule has 2 N–H and O–H groups in total. The van der Waals surface area contributed by atoms with Crippen LogP contribution < -0.4 is 5.32 Å². The highest BCUT2D eigenvalue weighted by atomic mass is 32.1. The maximum Gasteiger partial charge on any atom is 0.412 e. The highest BCUT2D eigenvalue weighted by Crippen LogP contribution is 2.67. The molecule has 4 nitrogen and oxygen atoms in total. The fourth-order valence-corrected chi connectivity index (χ4v) is 9.96. The number of hydrogen-bond donors (Lipinski definition) is 2. The van der Waals surface area contributed by atoms with E-state index in [9.17, 15) is 9.90 Å². The smallest absolute Gasteiger partial charge is 0.412 e. The first-order chi connectivity index (χ1) is 22.7. The van der Waals surface area contributed by atoms with Crippen LogP contribution in [0.2, 0.25) is 0 Å². The second-order valence-corrected chi connectivity index (χ2v) is 15.1. The minimum atomic E-state index is -5.79. The number of carbonyl (C=O) groups is 1. The molecule has 0 spiro atoms. The van der Waals surface area contributed by atoms with Crippen LogP contribution in [0.5, 0.6) is 0 Å². The number of thiophene rings is 3. The fraction of sp³-hybridized carbons (Fsp3) is 0.229. The zero-order valence-electron chi connectivity index (χ0n) is 25.4. The summed E-state index contributed by atoms with van der Waals surface area (Å²) in [6.45, 7) is 3.50. The molecule has 0 saturated heterocycles. The van der Waals surface area contributed by atoms with E-state index in [0.717, 1.165) is 16.0 Å². The maximum atomic E-state index is 16.2. The van der Waals surface area contributed by atoms with Gasteiger partial charge in [-0.1, -0.05) is 36.4 Å². The normalized spacial score (nSPS) is 17.5. The van der Waals surface area contributed by atoms with E-state index >= 15 is 26.3 Å². The average Bonchev–Trinajstić information content (AvgIpc) is 3.70. The van der Waals surface area contributed by atoms with Gasteiger partial charge in [0.05, 0.1) is 12.2 Å². The van der Waals surface area contributed by atoms with Crippen LogP contribution in [0.3, 0.4) is 0 Å². The van der Waals surface area contributed by atoms with Gasteiger partial charge in [-0.2, -0.15) is 26.3 Å². The standard InChI is InChI=1S/C35H25F6NO3S3/c1-16-17(2)46-18(3)25(16)29-30(34(38,39)35(40,41)33(29,36)37)31-27(21(15-43)45-32(44)42-19-9-5-4-6-10-19)28-24(48-31)14-13-23-26(28)20-11-7-8-12-22(20)47-23/h4-14,21,43H,15H2,1-3H3,(H,42,44). The Morgan fingerprint density at radius 2 is 1.40 bits per heavy atom. The van der Waals surface area contributed by atoms with Crippen molar-refractivity contribution in [3.63, 3.8) is 0 Å². The average molecular weight is 718 g/mol. The van der Waals surface area contributed by atoms with Gasteiger partial charge in [-0.25, -0.2) is 4.79 Å². The number of nitrogens with one attached hydrogen (secondary N) is 1. The monoisotopic (exact) mass is 717 g/mol. The van der Waals surface area contributed by atoms with Crippen LogP contribution in [0.4, 0.5) is 36.8 Å². The number of carbonyl (C=O) groups excluding carboxylic acids is 1. The van der Waals surface area contributed by atoms with Crippen molar-refractivity contribution in [1.29, 1.82) is 0 Å². The van der Waals surface area contributed by atoms with Crippen molar-refractivity contribution in [3.8, 4) is 0 Å². The Labute approximate surface area is 281 Å². The van der Waals surface area contributed by atoms with E-state index < -0.39 is 52.6 Å². The van der Waals surface area contributed by atoms with E-state index in [1.807, 2.05) is 12.1 Å². The minimum absolute atomic E-state index is 0.178. The number of aliphatic hydroxyl groups excluding tert-OH is 1. The lowest BCUT2D eigenvalue weighted by Crippen LogP contribution is -2.49. The number of halogens is 6. The lowest BCUT2D eigenvalue weighted by atomic mass is 9.92. The van der Waals surface area contributed by atoms with Crippen LogP contribution in [0.15, 0.2) is 66.7 Å². The molecule has 6 aromatic rings. The molecule has 0 bridgehead atoms. The van der Waals surface area contributed by atoms with Gasteiger partial charge in [-0.15, -0.1) is 34.0 Å². The predicted molar refractivity (Wildman–Crippen MR) is 181 cm³/mol. The van der Waals surface area contributed by atoms with Gasteiger partial charge in [0.2, 0.25) is 0 Å². The molecule has 0 radical (unpaired) electrons. The second-order valence-electron chi connectivity index (χ2n) is 11.5. The molecule has 0 saturated carbocycles. The first kappa shape index (κ1) is 32.6. The zero-order valence-corrected chi connectivity index (χ0v) is 27.8. The van der Waals surface area contributed by atoms with Crippen LogP contribution >= 0.6 is 34.0 Å². The molecule has 3 heterocycles. The van der Waals surface area contributed by atoms with E-state index in [1.54, 1.807) is 61.5 Å². The van der Waals surface area contributed by atoms with Gasteiger partial charge >= 0.3 is 23.9 Å². The van der Waals surface area contributed by atoms with Crippen LogP contribution in [0, 0.1) is 20.8 Å². The molecule has 48 heavy (non-hydrogen) atoms. The van der Waals surface area contributed by atoms with Crippen LogP contribution in [-0.4, -0.2) is 35.6 Å². The molecule has 248 valence electrons. The molecule has 1 aliphatic carbocycles. The van der Waals surface area contributed by atoms with E-state index in [0.29, 0.717) is 42.1 Å². The number of aryl methyl sites for hydroxylation is 2. The first-order valence-corrected chi connectivity index (χ1v) is 17.1.